The van der Waals surface area contributed by atoms with Gasteiger partial charge in [-0.15, -0.1) is 0 Å². The number of carbonyl (C=O) groups is 2. The summed E-state index contributed by atoms with van der Waals surface area (Å²) in [5, 5.41) is 2.94. The van der Waals surface area contributed by atoms with Gasteiger partial charge in [-0.3, -0.25) is 9.59 Å². The molecule has 0 heterocycles. The number of nitrogens with zero attached hydrogens (tertiary/aromatic N) is 1. The van der Waals surface area contributed by atoms with Gasteiger partial charge in [-0.2, -0.15) is 0 Å². The summed E-state index contributed by atoms with van der Waals surface area (Å²) in [5.74, 6) is -0.270. The van der Waals surface area contributed by atoms with E-state index >= 15 is 0 Å². The Kier molecular flexibility index (Phi) is 6.95. The van der Waals surface area contributed by atoms with E-state index in [0.717, 1.165) is 17.7 Å². The summed E-state index contributed by atoms with van der Waals surface area (Å²) in [6, 6.07) is 26.8. The molecule has 146 valence electrons. The van der Waals surface area contributed by atoms with Crippen molar-refractivity contribution in [2.45, 2.75) is 13.0 Å². The zero-order chi connectivity index (χ0) is 20.5. The molecule has 0 atom stereocenters. The summed E-state index contributed by atoms with van der Waals surface area (Å²) in [7, 11) is 0. The Morgan fingerprint density at radius 1 is 0.828 bits per heavy atom. The van der Waals surface area contributed by atoms with E-state index in [4.69, 9.17) is 0 Å². The SMILES string of the molecule is C=CC(=O)N(Cc1ccc(C(=O)NCCc2ccccc2)cc1)c1ccccc1. The Morgan fingerprint density at radius 2 is 1.45 bits per heavy atom. The summed E-state index contributed by atoms with van der Waals surface area (Å²) in [4.78, 5) is 26.3. The molecule has 4 nitrogen and oxygen atoms in total. The van der Waals surface area contributed by atoms with E-state index in [2.05, 4.69) is 11.9 Å². The van der Waals surface area contributed by atoms with E-state index < -0.39 is 0 Å². The van der Waals surface area contributed by atoms with Gasteiger partial charge in [0.15, 0.2) is 0 Å². The molecule has 0 unspecified atom stereocenters. The first-order valence-electron chi connectivity index (χ1n) is 9.57. The van der Waals surface area contributed by atoms with Gasteiger partial charge in [0.25, 0.3) is 11.8 Å². The average Bonchev–Trinajstić information content (AvgIpc) is 2.78. The molecule has 0 bridgehead atoms. The van der Waals surface area contributed by atoms with Crippen LogP contribution in [-0.2, 0) is 17.8 Å². The second-order valence-corrected chi connectivity index (χ2v) is 6.65. The maximum Gasteiger partial charge on any atom is 0.251 e. The predicted octanol–water partition coefficient (Wildman–Crippen LogP) is 4.38. The van der Waals surface area contributed by atoms with Gasteiger partial charge < -0.3 is 10.2 Å². The molecule has 0 spiro atoms. The Labute approximate surface area is 171 Å². The van der Waals surface area contributed by atoms with Crippen LogP contribution in [0.4, 0.5) is 5.69 Å². The lowest BCUT2D eigenvalue weighted by Gasteiger charge is -2.21. The number of benzene rings is 3. The predicted molar refractivity (Wildman–Crippen MR) is 117 cm³/mol. The fourth-order valence-corrected chi connectivity index (χ4v) is 3.03. The second kappa shape index (κ2) is 10.0. The minimum atomic E-state index is -0.168. The van der Waals surface area contributed by atoms with Gasteiger partial charge in [-0.05, 0) is 47.9 Å². The van der Waals surface area contributed by atoms with E-state index in [1.54, 1.807) is 17.0 Å². The van der Waals surface area contributed by atoms with Crippen LogP contribution in [0.2, 0.25) is 0 Å². The summed E-state index contributed by atoms with van der Waals surface area (Å²) in [6.07, 6.45) is 2.10. The van der Waals surface area contributed by atoms with Gasteiger partial charge in [0.05, 0.1) is 6.54 Å². The van der Waals surface area contributed by atoms with E-state index in [9.17, 15) is 9.59 Å². The van der Waals surface area contributed by atoms with Crippen LogP contribution in [-0.4, -0.2) is 18.4 Å². The molecule has 0 aliphatic rings. The molecular formula is C25H24N2O2. The Morgan fingerprint density at radius 3 is 2.07 bits per heavy atom. The number of hydrogen-bond donors (Lipinski definition) is 1. The molecule has 0 aromatic heterocycles. The average molecular weight is 384 g/mol. The molecule has 29 heavy (non-hydrogen) atoms. The van der Waals surface area contributed by atoms with Crippen LogP contribution in [0.5, 0.6) is 0 Å². The third-order valence-corrected chi connectivity index (χ3v) is 4.61. The normalized spacial score (nSPS) is 10.2. The molecule has 4 heteroatoms. The zero-order valence-electron chi connectivity index (χ0n) is 16.3. The highest BCUT2D eigenvalue weighted by atomic mass is 16.2. The van der Waals surface area contributed by atoms with Crippen molar-refractivity contribution in [2.24, 2.45) is 0 Å². The summed E-state index contributed by atoms with van der Waals surface area (Å²) in [5.41, 5.74) is 3.53. The van der Waals surface area contributed by atoms with E-state index in [1.165, 1.54) is 11.6 Å². The molecule has 0 saturated carbocycles. The molecule has 0 fully saturated rings. The summed E-state index contributed by atoms with van der Waals surface area (Å²) < 4.78 is 0. The van der Waals surface area contributed by atoms with Crippen molar-refractivity contribution in [3.8, 4) is 0 Å². The van der Waals surface area contributed by atoms with Crippen LogP contribution >= 0.6 is 0 Å². The summed E-state index contributed by atoms with van der Waals surface area (Å²) >= 11 is 0. The highest BCUT2D eigenvalue weighted by Gasteiger charge is 2.13. The number of carbonyl (C=O) groups excluding carboxylic acids is 2. The molecular weight excluding hydrogens is 360 g/mol. The van der Waals surface area contributed by atoms with Crippen LogP contribution in [0, 0.1) is 0 Å². The van der Waals surface area contributed by atoms with Gasteiger partial charge in [0.2, 0.25) is 0 Å². The smallest absolute Gasteiger partial charge is 0.251 e. The van der Waals surface area contributed by atoms with Crippen LogP contribution in [0.3, 0.4) is 0 Å². The number of anilines is 1. The highest BCUT2D eigenvalue weighted by molar-refractivity contribution is 6.01. The van der Waals surface area contributed by atoms with Crippen molar-refractivity contribution in [3.63, 3.8) is 0 Å². The van der Waals surface area contributed by atoms with Crippen LogP contribution in [0.15, 0.2) is 97.6 Å². The van der Waals surface area contributed by atoms with Crippen molar-refractivity contribution < 1.29 is 9.59 Å². The van der Waals surface area contributed by atoms with Gasteiger partial charge in [0, 0.05) is 17.8 Å². The number of hydrogen-bond acceptors (Lipinski definition) is 2. The molecule has 0 radical (unpaired) electrons. The zero-order valence-corrected chi connectivity index (χ0v) is 16.3. The molecule has 1 N–H and O–H groups in total. The van der Waals surface area contributed by atoms with Crippen LogP contribution in [0.25, 0.3) is 0 Å². The topological polar surface area (TPSA) is 49.4 Å². The Balaban J connectivity index is 1.60. The first-order chi connectivity index (χ1) is 14.2. The second-order valence-electron chi connectivity index (χ2n) is 6.65. The first kappa shape index (κ1) is 20.1. The standard InChI is InChI=1S/C25H24N2O2/c1-2-24(28)27(23-11-7-4-8-12-23)19-21-13-15-22(16-14-21)25(29)26-18-17-20-9-5-3-6-10-20/h2-16H,1,17-19H2,(H,26,29). The van der Waals surface area contributed by atoms with Crippen molar-refractivity contribution >= 4 is 17.5 Å². The summed E-state index contributed by atoms with van der Waals surface area (Å²) in [6.45, 7) is 4.58. The van der Waals surface area contributed by atoms with E-state index in [1.807, 2.05) is 72.8 Å². The quantitative estimate of drug-likeness (QED) is 0.586. The maximum absolute atomic E-state index is 12.4. The highest BCUT2D eigenvalue weighted by Crippen LogP contribution is 2.18. The molecule has 0 aliphatic heterocycles. The molecule has 3 aromatic carbocycles. The minimum Gasteiger partial charge on any atom is -0.352 e. The fraction of sp³-hybridized carbons (Fsp3) is 0.120. The van der Waals surface area contributed by atoms with Gasteiger partial charge in [-0.25, -0.2) is 0 Å². The number of rotatable bonds is 8. The third-order valence-electron chi connectivity index (χ3n) is 4.61. The largest absolute Gasteiger partial charge is 0.352 e. The fourth-order valence-electron chi connectivity index (χ4n) is 3.03. The molecule has 0 aliphatic carbocycles. The van der Waals surface area contributed by atoms with Crippen molar-refractivity contribution in [3.05, 3.63) is 114 Å². The van der Waals surface area contributed by atoms with Crippen LogP contribution < -0.4 is 10.2 Å². The van der Waals surface area contributed by atoms with Crippen molar-refractivity contribution in [2.75, 3.05) is 11.4 Å². The van der Waals surface area contributed by atoms with Crippen molar-refractivity contribution in [1.29, 1.82) is 0 Å². The van der Waals surface area contributed by atoms with Crippen LogP contribution in [0.1, 0.15) is 21.5 Å². The van der Waals surface area contributed by atoms with E-state index in [0.29, 0.717) is 18.7 Å². The third kappa shape index (κ3) is 5.66. The minimum absolute atomic E-state index is 0.102. The monoisotopic (exact) mass is 384 g/mol. The molecule has 2 amide bonds. The lowest BCUT2D eigenvalue weighted by Crippen LogP contribution is -2.28. The first-order valence-corrected chi connectivity index (χ1v) is 9.57. The number of nitrogens with one attached hydrogen (secondary N) is 1. The number of amides is 2. The molecule has 3 aromatic rings. The maximum atomic E-state index is 12.4. The molecule has 0 saturated heterocycles. The lowest BCUT2D eigenvalue weighted by atomic mass is 10.1. The van der Waals surface area contributed by atoms with Gasteiger partial charge in [-0.1, -0.05) is 67.2 Å². The van der Waals surface area contributed by atoms with E-state index in [-0.39, 0.29) is 11.8 Å². The molecule has 3 rings (SSSR count). The van der Waals surface area contributed by atoms with Gasteiger partial charge in [0.1, 0.15) is 0 Å². The number of para-hydroxylation sites is 1. The Bertz CT molecular complexity index is 951. The lowest BCUT2D eigenvalue weighted by molar-refractivity contribution is -0.114. The van der Waals surface area contributed by atoms with Gasteiger partial charge >= 0.3 is 0 Å². The Hall–Kier alpha value is -3.66. The van der Waals surface area contributed by atoms with Crippen molar-refractivity contribution in [1.82, 2.24) is 5.32 Å².